The van der Waals surface area contributed by atoms with E-state index >= 15 is 0 Å². The van der Waals surface area contributed by atoms with Gasteiger partial charge in [0.25, 0.3) is 0 Å². The summed E-state index contributed by atoms with van der Waals surface area (Å²) >= 11 is 0. The molecule has 0 aliphatic rings. The fraction of sp³-hybridized carbons (Fsp3) is 0.381. The van der Waals surface area contributed by atoms with E-state index in [2.05, 4.69) is 25.1 Å². The van der Waals surface area contributed by atoms with E-state index in [1.165, 1.54) is 31.2 Å². The van der Waals surface area contributed by atoms with Crippen LogP contribution in [0.4, 0.5) is 0 Å². The van der Waals surface area contributed by atoms with Crippen LogP contribution in [0.25, 0.3) is 0 Å². The van der Waals surface area contributed by atoms with Crippen LogP contribution < -0.4 is 4.74 Å². The Bertz CT molecular complexity index is 631. The molecule has 0 atom stereocenters. The van der Waals surface area contributed by atoms with Crippen molar-refractivity contribution in [2.45, 2.75) is 45.4 Å². The second kappa shape index (κ2) is 9.14. The molecule has 0 radical (unpaired) electrons. The number of hydrogen-bond acceptors (Lipinski definition) is 2. The Labute approximate surface area is 139 Å². The fourth-order valence-corrected chi connectivity index (χ4v) is 2.84. The summed E-state index contributed by atoms with van der Waals surface area (Å²) in [5.74, 6) is 0.853. The van der Waals surface area contributed by atoms with Crippen molar-refractivity contribution in [1.82, 2.24) is 0 Å². The molecule has 0 heterocycles. The van der Waals surface area contributed by atoms with Crippen LogP contribution in [0.3, 0.4) is 0 Å². The number of methoxy groups -OCH3 is 1. The third kappa shape index (κ3) is 5.24. The Morgan fingerprint density at radius 1 is 1.00 bits per heavy atom. The number of carbonyl (C=O) groups is 1. The lowest BCUT2D eigenvalue weighted by Crippen LogP contribution is -1.98. The quantitative estimate of drug-likeness (QED) is 0.469. The number of rotatable bonds is 9. The van der Waals surface area contributed by atoms with E-state index in [0.29, 0.717) is 0 Å². The van der Waals surface area contributed by atoms with E-state index < -0.39 is 0 Å². The SMILES string of the molecule is CCCCCCc1ccc(C=O)c(Cc2cccc(OC)c2)c1. The van der Waals surface area contributed by atoms with Crippen LogP contribution in [0.1, 0.15) is 59.7 Å². The average molecular weight is 310 g/mol. The molecule has 2 rings (SSSR count). The molecule has 0 aromatic heterocycles. The molecule has 0 aliphatic heterocycles. The van der Waals surface area contributed by atoms with Gasteiger partial charge in [0, 0.05) is 5.56 Å². The molecule has 2 heteroatoms. The second-order valence-corrected chi connectivity index (χ2v) is 5.99. The van der Waals surface area contributed by atoms with Crippen LogP contribution in [-0.2, 0) is 12.8 Å². The molecule has 2 aromatic rings. The minimum atomic E-state index is 0.758. The number of unbranched alkanes of at least 4 members (excludes halogenated alkanes) is 3. The second-order valence-electron chi connectivity index (χ2n) is 5.99. The smallest absolute Gasteiger partial charge is 0.150 e. The van der Waals surface area contributed by atoms with Crippen LogP contribution in [0.2, 0.25) is 0 Å². The summed E-state index contributed by atoms with van der Waals surface area (Å²) in [4.78, 5) is 11.3. The zero-order chi connectivity index (χ0) is 16.5. The Hall–Kier alpha value is -2.09. The molecule has 0 bridgehead atoms. The Morgan fingerprint density at radius 3 is 2.61 bits per heavy atom. The van der Waals surface area contributed by atoms with Gasteiger partial charge in [0.15, 0.2) is 0 Å². The summed E-state index contributed by atoms with van der Waals surface area (Å²) in [6, 6.07) is 14.3. The van der Waals surface area contributed by atoms with E-state index in [0.717, 1.165) is 41.6 Å². The Kier molecular flexibility index (Phi) is 6.86. The monoisotopic (exact) mass is 310 g/mol. The number of carbonyl (C=O) groups excluding carboxylic acids is 1. The van der Waals surface area contributed by atoms with Gasteiger partial charge in [-0.25, -0.2) is 0 Å². The summed E-state index contributed by atoms with van der Waals surface area (Å²) in [5, 5.41) is 0. The standard InChI is InChI=1S/C21H26O2/c1-3-4-5-6-8-17-11-12-19(16-22)20(13-17)14-18-9-7-10-21(15-18)23-2/h7,9-13,15-16H,3-6,8,14H2,1-2H3. The highest BCUT2D eigenvalue weighted by Crippen LogP contribution is 2.20. The molecule has 0 saturated carbocycles. The number of benzene rings is 2. The molecule has 0 amide bonds. The zero-order valence-electron chi connectivity index (χ0n) is 14.2. The van der Waals surface area contributed by atoms with E-state index in [9.17, 15) is 4.79 Å². The molecular weight excluding hydrogens is 284 g/mol. The first-order chi connectivity index (χ1) is 11.3. The number of aryl methyl sites for hydroxylation is 1. The molecule has 0 spiro atoms. The van der Waals surface area contributed by atoms with Crippen LogP contribution in [0.15, 0.2) is 42.5 Å². The number of aldehydes is 1. The van der Waals surface area contributed by atoms with Crippen LogP contribution in [-0.4, -0.2) is 13.4 Å². The van der Waals surface area contributed by atoms with Gasteiger partial charge in [-0.15, -0.1) is 0 Å². The highest BCUT2D eigenvalue weighted by atomic mass is 16.5. The van der Waals surface area contributed by atoms with E-state index in [1.807, 2.05) is 24.3 Å². The van der Waals surface area contributed by atoms with E-state index in [1.54, 1.807) is 7.11 Å². The van der Waals surface area contributed by atoms with Gasteiger partial charge in [-0.05, 0) is 48.1 Å². The van der Waals surface area contributed by atoms with Crippen molar-refractivity contribution in [2.24, 2.45) is 0 Å². The van der Waals surface area contributed by atoms with Gasteiger partial charge in [-0.1, -0.05) is 56.5 Å². The van der Waals surface area contributed by atoms with Crippen molar-refractivity contribution in [2.75, 3.05) is 7.11 Å². The van der Waals surface area contributed by atoms with Crippen molar-refractivity contribution >= 4 is 6.29 Å². The predicted molar refractivity (Wildman–Crippen MR) is 95.5 cm³/mol. The van der Waals surface area contributed by atoms with Gasteiger partial charge in [0.05, 0.1) is 7.11 Å². The molecule has 0 N–H and O–H groups in total. The van der Waals surface area contributed by atoms with Crippen molar-refractivity contribution < 1.29 is 9.53 Å². The molecule has 0 unspecified atom stereocenters. The molecule has 0 saturated heterocycles. The van der Waals surface area contributed by atoms with Crippen LogP contribution in [0.5, 0.6) is 5.75 Å². The highest BCUT2D eigenvalue weighted by Gasteiger charge is 2.06. The lowest BCUT2D eigenvalue weighted by atomic mass is 9.96. The third-order valence-electron chi connectivity index (χ3n) is 4.18. The molecule has 23 heavy (non-hydrogen) atoms. The fourth-order valence-electron chi connectivity index (χ4n) is 2.84. The highest BCUT2D eigenvalue weighted by molar-refractivity contribution is 5.77. The van der Waals surface area contributed by atoms with Crippen molar-refractivity contribution in [3.8, 4) is 5.75 Å². The molecule has 2 nitrogen and oxygen atoms in total. The molecular formula is C21H26O2. The van der Waals surface area contributed by atoms with Crippen LogP contribution in [0, 0.1) is 0 Å². The Balaban J connectivity index is 2.13. The van der Waals surface area contributed by atoms with Gasteiger partial charge >= 0.3 is 0 Å². The van der Waals surface area contributed by atoms with Gasteiger partial charge < -0.3 is 4.74 Å². The third-order valence-corrected chi connectivity index (χ3v) is 4.18. The predicted octanol–water partition coefficient (Wildman–Crippen LogP) is 5.22. The maximum atomic E-state index is 11.3. The molecule has 0 fully saturated rings. The van der Waals surface area contributed by atoms with E-state index in [4.69, 9.17) is 4.74 Å². The Morgan fingerprint density at radius 2 is 1.87 bits per heavy atom. The number of hydrogen-bond donors (Lipinski definition) is 0. The zero-order valence-corrected chi connectivity index (χ0v) is 14.2. The summed E-state index contributed by atoms with van der Waals surface area (Å²) in [5.41, 5.74) is 4.37. The van der Waals surface area contributed by atoms with Gasteiger partial charge in [0.2, 0.25) is 0 Å². The normalized spacial score (nSPS) is 10.5. The first-order valence-electron chi connectivity index (χ1n) is 8.46. The summed E-state index contributed by atoms with van der Waals surface area (Å²) in [6.45, 7) is 2.23. The number of ether oxygens (including phenoxy) is 1. The maximum Gasteiger partial charge on any atom is 0.150 e. The van der Waals surface area contributed by atoms with E-state index in [-0.39, 0.29) is 0 Å². The maximum absolute atomic E-state index is 11.3. The molecule has 0 aliphatic carbocycles. The van der Waals surface area contributed by atoms with Gasteiger partial charge in [0.1, 0.15) is 12.0 Å². The van der Waals surface area contributed by atoms with Crippen molar-refractivity contribution in [1.29, 1.82) is 0 Å². The average Bonchev–Trinajstić information content (AvgIpc) is 2.59. The minimum Gasteiger partial charge on any atom is -0.497 e. The van der Waals surface area contributed by atoms with Gasteiger partial charge in [-0.3, -0.25) is 4.79 Å². The molecule has 2 aromatic carbocycles. The van der Waals surface area contributed by atoms with Crippen molar-refractivity contribution in [3.63, 3.8) is 0 Å². The lowest BCUT2D eigenvalue weighted by Gasteiger charge is -2.10. The van der Waals surface area contributed by atoms with Gasteiger partial charge in [-0.2, -0.15) is 0 Å². The lowest BCUT2D eigenvalue weighted by molar-refractivity contribution is 0.112. The first kappa shape index (κ1) is 17.3. The first-order valence-corrected chi connectivity index (χ1v) is 8.46. The topological polar surface area (TPSA) is 26.3 Å². The summed E-state index contributed by atoms with van der Waals surface area (Å²) in [7, 11) is 1.67. The summed E-state index contributed by atoms with van der Waals surface area (Å²) < 4.78 is 5.28. The van der Waals surface area contributed by atoms with Crippen LogP contribution >= 0.6 is 0 Å². The minimum absolute atomic E-state index is 0.758. The molecule has 122 valence electrons. The largest absolute Gasteiger partial charge is 0.497 e. The van der Waals surface area contributed by atoms with Crippen molar-refractivity contribution in [3.05, 3.63) is 64.7 Å². The summed E-state index contributed by atoms with van der Waals surface area (Å²) in [6.07, 6.45) is 7.84.